The zero-order chi connectivity index (χ0) is 10.1. The summed E-state index contributed by atoms with van der Waals surface area (Å²) in [5, 5.41) is 2.62. The molecule has 1 saturated heterocycles. The van der Waals surface area contributed by atoms with Gasteiger partial charge in [-0.3, -0.25) is 0 Å². The summed E-state index contributed by atoms with van der Waals surface area (Å²) < 4.78 is 7.09. The molecule has 0 spiro atoms. The number of carbonyl (C=O) groups is 1. The fraction of sp³-hybridized carbons (Fsp3) is 0.556. The molecule has 0 bridgehead atoms. The highest BCUT2D eigenvalue weighted by atomic mass is 16.6. The first-order valence-corrected chi connectivity index (χ1v) is 4.64. The van der Waals surface area contributed by atoms with Crippen molar-refractivity contribution in [3.63, 3.8) is 0 Å². The Morgan fingerprint density at radius 2 is 2.50 bits per heavy atom. The van der Waals surface area contributed by atoms with E-state index in [4.69, 9.17) is 4.74 Å². The van der Waals surface area contributed by atoms with Crippen molar-refractivity contribution in [1.29, 1.82) is 0 Å². The van der Waals surface area contributed by atoms with Crippen LogP contribution in [-0.2, 0) is 4.74 Å². The maximum absolute atomic E-state index is 10.9. The van der Waals surface area contributed by atoms with E-state index in [0.29, 0.717) is 12.6 Å². The van der Waals surface area contributed by atoms with E-state index >= 15 is 0 Å². The Hall–Kier alpha value is -1.52. The minimum atomic E-state index is -0.355. The van der Waals surface area contributed by atoms with Gasteiger partial charge in [0.2, 0.25) is 0 Å². The second kappa shape index (κ2) is 3.32. The number of ether oxygens (including phenoxy) is 1. The smallest absolute Gasteiger partial charge is 0.408 e. The molecule has 1 unspecified atom stereocenters. The molecule has 1 fully saturated rings. The van der Waals surface area contributed by atoms with Crippen molar-refractivity contribution in [2.24, 2.45) is 0 Å². The van der Waals surface area contributed by atoms with Crippen LogP contribution < -0.4 is 5.32 Å². The molecular weight excluding hydrogens is 182 g/mol. The Kier molecular flexibility index (Phi) is 2.15. The Balaban J connectivity index is 2.23. The normalized spacial score (nSPS) is 21.1. The van der Waals surface area contributed by atoms with E-state index in [0.717, 1.165) is 5.69 Å². The van der Waals surface area contributed by atoms with Crippen LogP contribution in [0.5, 0.6) is 0 Å². The van der Waals surface area contributed by atoms with Crippen LogP contribution in [0.3, 0.4) is 0 Å². The first-order valence-electron chi connectivity index (χ1n) is 4.64. The van der Waals surface area contributed by atoms with Crippen LogP contribution >= 0.6 is 0 Å². The van der Waals surface area contributed by atoms with Gasteiger partial charge in [-0.1, -0.05) is 0 Å². The van der Waals surface area contributed by atoms with Gasteiger partial charge in [0.25, 0.3) is 0 Å². The lowest BCUT2D eigenvalue weighted by molar-refractivity contribution is 0.136. The molecule has 1 N–H and O–H groups in total. The minimum Gasteiger partial charge on any atom is -0.438 e. The highest BCUT2D eigenvalue weighted by Gasteiger charge is 2.27. The van der Waals surface area contributed by atoms with Gasteiger partial charge in [0, 0.05) is 6.04 Å². The summed E-state index contributed by atoms with van der Waals surface area (Å²) in [6.07, 6.45) is 2.94. The zero-order valence-electron chi connectivity index (χ0n) is 8.23. The molecular formula is C9H13N3O2. The molecule has 2 heterocycles. The molecule has 5 nitrogen and oxygen atoms in total. The molecule has 14 heavy (non-hydrogen) atoms. The van der Waals surface area contributed by atoms with Crippen LogP contribution in [0.1, 0.15) is 31.7 Å². The first kappa shape index (κ1) is 9.05. The number of amides is 1. The molecule has 0 aromatic carbocycles. The second-order valence-corrected chi connectivity index (χ2v) is 3.59. The summed E-state index contributed by atoms with van der Waals surface area (Å²) in [6.45, 7) is 4.65. The highest BCUT2D eigenvalue weighted by Crippen LogP contribution is 2.22. The molecule has 1 aliphatic rings. The summed E-state index contributed by atoms with van der Waals surface area (Å²) in [5.74, 6) is 0. The summed E-state index contributed by atoms with van der Waals surface area (Å²) in [7, 11) is 0. The number of nitrogens with one attached hydrogen (secondary N) is 1. The SMILES string of the molecule is CC(C)n1cncc1C1CNC(=O)O1. The zero-order valence-corrected chi connectivity index (χ0v) is 8.23. The van der Waals surface area contributed by atoms with Gasteiger partial charge in [0.05, 0.1) is 24.8 Å². The topological polar surface area (TPSA) is 56.2 Å². The molecule has 0 radical (unpaired) electrons. The third kappa shape index (κ3) is 1.45. The summed E-state index contributed by atoms with van der Waals surface area (Å²) in [5.41, 5.74) is 0.943. The number of hydrogen-bond acceptors (Lipinski definition) is 3. The number of hydrogen-bond donors (Lipinski definition) is 1. The van der Waals surface area contributed by atoms with E-state index in [1.165, 1.54) is 0 Å². The molecule has 1 atom stereocenters. The average Bonchev–Trinajstić information content (AvgIpc) is 2.70. The molecule has 0 saturated carbocycles. The predicted molar refractivity (Wildman–Crippen MR) is 49.8 cm³/mol. The van der Waals surface area contributed by atoms with Crippen molar-refractivity contribution in [3.05, 3.63) is 18.2 Å². The van der Waals surface area contributed by atoms with Gasteiger partial charge in [-0.2, -0.15) is 0 Å². The predicted octanol–water partition coefficient (Wildman–Crippen LogP) is 1.24. The molecule has 1 aliphatic heterocycles. The molecule has 76 valence electrons. The first-order chi connectivity index (χ1) is 6.68. The third-order valence-corrected chi connectivity index (χ3v) is 2.26. The molecule has 1 aromatic rings. The third-order valence-electron chi connectivity index (χ3n) is 2.26. The standard InChI is InChI=1S/C9H13N3O2/c1-6(2)12-5-10-3-7(12)8-4-11-9(13)14-8/h3,5-6,8H,4H2,1-2H3,(H,11,13). The van der Waals surface area contributed by atoms with Gasteiger partial charge in [-0.05, 0) is 13.8 Å². The van der Waals surface area contributed by atoms with Crippen molar-refractivity contribution in [2.75, 3.05) is 6.54 Å². The van der Waals surface area contributed by atoms with E-state index in [2.05, 4.69) is 24.1 Å². The van der Waals surface area contributed by atoms with Gasteiger partial charge >= 0.3 is 6.09 Å². The Morgan fingerprint density at radius 1 is 1.71 bits per heavy atom. The largest absolute Gasteiger partial charge is 0.438 e. The number of carbonyl (C=O) groups excluding carboxylic acids is 1. The number of aromatic nitrogens is 2. The number of rotatable bonds is 2. The Labute approximate surface area is 82.1 Å². The lowest BCUT2D eigenvalue weighted by atomic mass is 10.2. The molecule has 1 aromatic heterocycles. The lowest BCUT2D eigenvalue weighted by Gasteiger charge is -2.14. The number of imidazole rings is 1. The van der Waals surface area contributed by atoms with Crippen molar-refractivity contribution < 1.29 is 9.53 Å². The minimum absolute atomic E-state index is 0.201. The summed E-state index contributed by atoms with van der Waals surface area (Å²) in [4.78, 5) is 14.9. The maximum atomic E-state index is 10.9. The molecule has 0 aliphatic carbocycles. The van der Waals surface area contributed by atoms with Gasteiger partial charge in [-0.25, -0.2) is 9.78 Å². The monoisotopic (exact) mass is 195 g/mol. The maximum Gasteiger partial charge on any atom is 0.408 e. The van der Waals surface area contributed by atoms with E-state index < -0.39 is 0 Å². The van der Waals surface area contributed by atoms with Crippen molar-refractivity contribution in [1.82, 2.24) is 14.9 Å². The number of cyclic esters (lactones) is 1. The molecule has 2 rings (SSSR count). The van der Waals surface area contributed by atoms with Crippen molar-refractivity contribution >= 4 is 6.09 Å². The Bertz CT molecular complexity index is 346. The Morgan fingerprint density at radius 3 is 3.07 bits per heavy atom. The van der Waals surface area contributed by atoms with Crippen LogP contribution in [0.2, 0.25) is 0 Å². The van der Waals surface area contributed by atoms with Gasteiger partial charge in [-0.15, -0.1) is 0 Å². The summed E-state index contributed by atoms with van der Waals surface area (Å²) >= 11 is 0. The highest BCUT2D eigenvalue weighted by molar-refractivity contribution is 5.69. The molecule has 5 heteroatoms. The van der Waals surface area contributed by atoms with E-state index in [1.54, 1.807) is 12.5 Å². The van der Waals surface area contributed by atoms with Gasteiger partial charge in [0.1, 0.15) is 0 Å². The summed E-state index contributed by atoms with van der Waals surface area (Å²) in [6, 6.07) is 0.326. The average molecular weight is 195 g/mol. The van der Waals surface area contributed by atoms with Crippen LogP contribution in [0.25, 0.3) is 0 Å². The number of nitrogens with zero attached hydrogens (tertiary/aromatic N) is 2. The second-order valence-electron chi connectivity index (χ2n) is 3.59. The quantitative estimate of drug-likeness (QED) is 0.772. The van der Waals surface area contributed by atoms with Crippen LogP contribution in [0.15, 0.2) is 12.5 Å². The van der Waals surface area contributed by atoms with E-state index in [9.17, 15) is 4.79 Å². The van der Waals surface area contributed by atoms with Crippen molar-refractivity contribution in [3.8, 4) is 0 Å². The van der Waals surface area contributed by atoms with E-state index in [-0.39, 0.29) is 12.2 Å². The lowest BCUT2D eigenvalue weighted by Crippen LogP contribution is -2.14. The van der Waals surface area contributed by atoms with Crippen LogP contribution in [-0.4, -0.2) is 22.2 Å². The molecule has 1 amide bonds. The fourth-order valence-corrected chi connectivity index (χ4v) is 1.55. The van der Waals surface area contributed by atoms with Crippen molar-refractivity contribution in [2.45, 2.75) is 26.0 Å². The van der Waals surface area contributed by atoms with Gasteiger partial charge in [0.15, 0.2) is 6.10 Å². The van der Waals surface area contributed by atoms with Crippen LogP contribution in [0.4, 0.5) is 4.79 Å². The van der Waals surface area contributed by atoms with Gasteiger partial charge < -0.3 is 14.6 Å². The van der Waals surface area contributed by atoms with E-state index in [1.807, 2.05) is 4.57 Å². The van der Waals surface area contributed by atoms with Crippen LogP contribution in [0, 0.1) is 0 Å². The number of alkyl carbamates (subject to hydrolysis) is 1. The fourth-order valence-electron chi connectivity index (χ4n) is 1.55.